The maximum atomic E-state index is 15.6. The van der Waals surface area contributed by atoms with Gasteiger partial charge in [-0.25, -0.2) is 4.39 Å². The smallest absolute Gasteiger partial charge is 0.242 e. The highest BCUT2D eigenvalue weighted by Gasteiger charge is 2.39. The van der Waals surface area contributed by atoms with E-state index in [-0.39, 0.29) is 17.7 Å². The molecule has 1 amide bonds. The number of carbonyl (C=O) groups is 1. The Balaban J connectivity index is 2.38. The summed E-state index contributed by atoms with van der Waals surface area (Å²) < 4.78 is 15.6. The molecule has 3 atom stereocenters. The lowest BCUT2D eigenvalue weighted by Gasteiger charge is -2.36. The first kappa shape index (κ1) is 26.6. The van der Waals surface area contributed by atoms with Crippen molar-refractivity contribution >= 4 is 34.8 Å². The third-order valence-corrected chi connectivity index (χ3v) is 5.96. The monoisotopic (exact) mass is 481 g/mol. The Hall–Kier alpha value is -1.66. The number of hydrogen-bond donors (Lipinski definition) is 2. The molecule has 0 spiro atoms. The summed E-state index contributed by atoms with van der Waals surface area (Å²) in [5.41, 5.74) is 0.591. The van der Waals surface area contributed by atoms with Crippen LogP contribution in [-0.2, 0) is 4.79 Å². The molecule has 4 nitrogen and oxygen atoms in total. The Morgan fingerprint density at radius 3 is 2.72 bits per heavy atom. The van der Waals surface area contributed by atoms with Crippen LogP contribution in [0.4, 0.5) is 10.1 Å². The minimum atomic E-state index is -0.688. The topological polar surface area (TPSA) is 44.4 Å². The number of anilines is 1. The van der Waals surface area contributed by atoms with Gasteiger partial charge in [-0.15, -0.1) is 0 Å². The molecule has 0 aromatic heterocycles. The highest BCUT2D eigenvalue weighted by molar-refractivity contribution is 6.31. The number of carbonyl (C=O) groups excluding carboxylic acids is 1. The highest BCUT2D eigenvalue weighted by Crippen LogP contribution is 2.34. The molecule has 0 bridgehead atoms. The standard InChI is InChI=1S/C25H34Cl2FN3O/c1-5-29-15-17(2)23(22(28)11-6-8-18(3)26)24(31(4)16-19-12-13-19)25(32)30-21-10-7-9-20(27)14-21/h6-11,14,17,19,23-24,29H,3,5,12-13,15-16H2,1-2,4H3,(H,30,32)/b8-6-,22-11-/t17-,23?,24?/m0/s1. The fourth-order valence-corrected chi connectivity index (χ4v) is 4.09. The van der Waals surface area contributed by atoms with Gasteiger partial charge >= 0.3 is 0 Å². The summed E-state index contributed by atoms with van der Waals surface area (Å²) in [6, 6.07) is 6.30. The Morgan fingerprint density at radius 1 is 1.41 bits per heavy atom. The molecule has 1 saturated carbocycles. The molecule has 0 saturated heterocycles. The summed E-state index contributed by atoms with van der Waals surface area (Å²) in [6.07, 6.45) is 6.73. The van der Waals surface area contributed by atoms with Gasteiger partial charge in [-0.3, -0.25) is 9.69 Å². The van der Waals surface area contributed by atoms with Crippen LogP contribution in [0, 0.1) is 17.8 Å². The molecule has 1 aromatic rings. The molecule has 1 fully saturated rings. The van der Waals surface area contributed by atoms with Crippen molar-refractivity contribution in [3.8, 4) is 0 Å². The van der Waals surface area contributed by atoms with Crippen molar-refractivity contribution in [3.05, 3.63) is 65.0 Å². The molecule has 0 heterocycles. The Bertz CT molecular complexity index is 838. The van der Waals surface area contributed by atoms with Gasteiger partial charge in [0.05, 0.1) is 6.04 Å². The van der Waals surface area contributed by atoms with Gasteiger partial charge in [0.2, 0.25) is 5.91 Å². The first-order chi connectivity index (χ1) is 15.2. The second-order valence-electron chi connectivity index (χ2n) is 8.50. The van der Waals surface area contributed by atoms with Crippen LogP contribution >= 0.6 is 23.2 Å². The Morgan fingerprint density at radius 2 is 2.12 bits per heavy atom. The minimum absolute atomic E-state index is 0.129. The average molecular weight is 482 g/mol. The first-order valence-electron chi connectivity index (χ1n) is 11.1. The second kappa shape index (κ2) is 13.1. The molecular formula is C25H34Cl2FN3O. The zero-order valence-electron chi connectivity index (χ0n) is 19.1. The van der Waals surface area contributed by atoms with Gasteiger partial charge in [0.1, 0.15) is 5.83 Å². The fourth-order valence-electron chi connectivity index (χ4n) is 3.83. The molecule has 0 radical (unpaired) electrons. The molecule has 7 heteroatoms. The molecule has 32 heavy (non-hydrogen) atoms. The lowest BCUT2D eigenvalue weighted by Crippen LogP contribution is -2.51. The van der Waals surface area contributed by atoms with Crippen LogP contribution in [0.25, 0.3) is 0 Å². The Kier molecular flexibility index (Phi) is 10.9. The van der Waals surface area contributed by atoms with Crippen LogP contribution in [0.2, 0.25) is 5.02 Å². The second-order valence-corrected chi connectivity index (χ2v) is 9.42. The van der Waals surface area contributed by atoms with Gasteiger partial charge < -0.3 is 10.6 Å². The van der Waals surface area contributed by atoms with Gasteiger partial charge in [-0.1, -0.05) is 55.8 Å². The highest BCUT2D eigenvalue weighted by atomic mass is 35.5. The number of nitrogens with zero attached hydrogens (tertiary/aromatic N) is 1. The van der Waals surface area contributed by atoms with E-state index in [4.69, 9.17) is 23.2 Å². The minimum Gasteiger partial charge on any atom is -0.325 e. The first-order valence-corrected chi connectivity index (χ1v) is 11.8. The third-order valence-electron chi connectivity index (χ3n) is 5.60. The number of allylic oxidation sites excluding steroid dienone is 4. The average Bonchev–Trinajstić information content (AvgIpc) is 3.53. The SMILES string of the molecule is C=C(Cl)/C=C\C=C(/F)C(C(C(=O)Nc1cccc(Cl)c1)N(C)CC1CC1)[C@@H](C)CNCC. The van der Waals surface area contributed by atoms with E-state index in [2.05, 4.69) is 17.2 Å². The lowest BCUT2D eigenvalue weighted by molar-refractivity contribution is -0.123. The van der Waals surface area contributed by atoms with Gasteiger partial charge in [0.15, 0.2) is 0 Å². The van der Waals surface area contributed by atoms with Crippen molar-refractivity contribution in [2.24, 2.45) is 17.8 Å². The number of nitrogens with one attached hydrogen (secondary N) is 2. The predicted octanol–water partition coefficient (Wildman–Crippen LogP) is 6.01. The summed E-state index contributed by atoms with van der Waals surface area (Å²) in [5.74, 6) is -0.838. The van der Waals surface area contributed by atoms with Crippen molar-refractivity contribution in [2.45, 2.75) is 32.7 Å². The molecule has 176 valence electrons. The third kappa shape index (κ3) is 8.70. The largest absolute Gasteiger partial charge is 0.325 e. The molecule has 2 unspecified atom stereocenters. The van der Waals surface area contributed by atoms with E-state index in [1.165, 1.54) is 18.2 Å². The summed E-state index contributed by atoms with van der Waals surface area (Å²) in [7, 11) is 1.90. The van der Waals surface area contributed by atoms with Crippen molar-refractivity contribution < 1.29 is 9.18 Å². The van der Waals surface area contributed by atoms with Crippen LogP contribution in [0.1, 0.15) is 26.7 Å². The zero-order chi connectivity index (χ0) is 23.7. The van der Waals surface area contributed by atoms with Crippen molar-refractivity contribution in [3.63, 3.8) is 0 Å². The Labute approximate surface area is 201 Å². The van der Waals surface area contributed by atoms with E-state index in [0.717, 1.165) is 25.9 Å². The molecular weight excluding hydrogens is 448 g/mol. The van der Waals surface area contributed by atoms with Gasteiger partial charge in [-0.05, 0) is 75.2 Å². The maximum Gasteiger partial charge on any atom is 0.242 e. The van der Waals surface area contributed by atoms with Crippen molar-refractivity contribution in [1.82, 2.24) is 10.2 Å². The molecule has 0 aliphatic heterocycles. The van der Waals surface area contributed by atoms with Crippen LogP contribution in [0.3, 0.4) is 0 Å². The normalized spacial score (nSPS) is 17.4. The molecule has 1 aliphatic rings. The van der Waals surface area contributed by atoms with Gasteiger partial charge in [0, 0.05) is 28.2 Å². The van der Waals surface area contributed by atoms with E-state index in [1.807, 2.05) is 25.8 Å². The maximum absolute atomic E-state index is 15.6. The van der Waals surface area contributed by atoms with Crippen LogP contribution < -0.4 is 10.6 Å². The van der Waals surface area contributed by atoms with E-state index in [1.54, 1.807) is 24.3 Å². The van der Waals surface area contributed by atoms with Crippen LogP contribution in [-0.4, -0.2) is 43.5 Å². The van der Waals surface area contributed by atoms with E-state index < -0.39 is 12.0 Å². The summed E-state index contributed by atoms with van der Waals surface area (Å²) >= 11 is 11.9. The molecule has 1 aromatic carbocycles. The van der Waals surface area contributed by atoms with Crippen molar-refractivity contribution in [1.29, 1.82) is 0 Å². The van der Waals surface area contributed by atoms with Gasteiger partial charge in [0.25, 0.3) is 0 Å². The van der Waals surface area contributed by atoms with E-state index in [0.29, 0.717) is 28.2 Å². The fraction of sp³-hybridized carbons (Fsp3) is 0.480. The molecule has 2 rings (SSSR count). The van der Waals surface area contributed by atoms with Gasteiger partial charge in [-0.2, -0.15) is 0 Å². The molecule has 2 N–H and O–H groups in total. The number of rotatable bonds is 13. The van der Waals surface area contributed by atoms with Crippen LogP contribution in [0.5, 0.6) is 0 Å². The number of halogens is 3. The number of amides is 1. The number of likely N-dealkylation sites (N-methyl/N-ethyl adjacent to an activating group) is 1. The number of hydrogen-bond acceptors (Lipinski definition) is 3. The summed E-state index contributed by atoms with van der Waals surface area (Å²) in [6.45, 7) is 9.67. The van der Waals surface area contributed by atoms with E-state index in [9.17, 15) is 4.79 Å². The van der Waals surface area contributed by atoms with E-state index >= 15 is 4.39 Å². The number of benzene rings is 1. The zero-order valence-corrected chi connectivity index (χ0v) is 20.6. The molecule has 1 aliphatic carbocycles. The summed E-state index contributed by atoms with van der Waals surface area (Å²) in [4.78, 5) is 15.5. The lowest BCUT2D eigenvalue weighted by atomic mass is 9.84. The predicted molar refractivity (Wildman–Crippen MR) is 134 cm³/mol. The van der Waals surface area contributed by atoms with Crippen molar-refractivity contribution in [2.75, 3.05) is 32.0 Å². The van der Waals surface area contributed by atoms with Crippen LogP contribution in [0.15, 0.2) is 59.9 Å². The summed E-state index contributed by atoms with van der Waals surface area (Å²) in [5, 5.41) is 7.07. The quantitative estimate of drug-likeness (QED) is 0.339.